The summed E-state index contributed by atoms with van der Waals surface area (Å²) in [6, 6.07) is 23.2. The summed E-state index contributed by atoms with van der Waals surface area (Å²) in [7, 11) is 0. The number of pyridine rings is 1. The van der Waals surface area contributed by atoms with E-state index in [1.807, 2.05) is 18.3 Å². The normalized spacial score (nSPS) is 10.9. The van der Waals surface area contributed by atoms with Crippen LogP contribution >= 0.6 is 0 Å². The van der Waals surface area contributed by atoms with Crippen LogP contribution in [-0.2, 0) is 6.42 Å². The van der Waals surface area contributed by atoms with Crippen molar-refractivity contribution in [2.45, 2.75) is 6.42 Å². The van der Waals surface area contributed by atoms with Gasteiger partial charge in [0, 0.05) is 24.4 Å². The molecule has 0 unspecified atom stereocenters. The predicted molar refractivity (Wildman–Crippen MR) is 90.8 cm³/mol. The third kappa shape index (κ3) is 2.40. The fraction of sp³-hybridized carbons (Fsp3) is 0.0500. The Morgan fingerprint density at radius 1 is 0.773 bits per heavy atom. The van der Waals surface area contributed by atoms with Crippen LogP contribution in [0.1, 0.15) is 11.1 Å². The molecule has 2 aromatic carbocycles. The Hall–Kier alpha value is -2.87. The molecular weight excluding hydrogens is 268 g/mol. The molecule has 0 bridgehead atoms. The fourth-order valence-electron chi connectivity index (χ4n) is 2.81. The van der Waals surface area contributed by atoms with Crippen LogP contribution in [0.25, 0.3) is 22.2 Å². The van der Waals surface area contributed by atoms with Gasteiger partial charge in [0.2, 0.25) is 0 Å². The van der Waals surface area contributed by atoms with E-state index in [0.29, 0.717) is 0 Å². The molecule has 2 heterocycles. The summed E-state index contributed by atoms with van der Waals surface area (Å²) in [5.41, 5.74) is 7.20. The maximum absolute atomic E-state index is 4.47. The first-order chi connectivity index (χ1) is 10.9. The smallest absolute Gasteiger partial charge is 0.0914 e. The molecule has 0 aliphatic heterocycles. The van der Waals surface area contributed by atoms with E-state index < -0.39 is 0 Å². The first-order valence-electron chi connectivity index (χ1n) is 7.45. The average molecular weight is 284 g/mol. The third-order valence-corrected chi connectivity index (χ3v) is 3.97. The Morgan fingerprint density at radius 3 is 2.36 bits per heavy atom. The number of benzene rings is 2. The van der Waals surface area contributed by atoms with E-state index in [4.69, 9.17) is 0 Å². The average Bonchev–Trinajstić information content (AvgIpc) is 3.00. The van der Waals surface area contributed by atoms with Gasteiger partial charge in [-0.05, 0) is 28.8 Å². The molecule has 1 N–H and O–H groups in total. The van der Waals surface area contributed by atoms with Crippen LogP contribution in [0.2, 0.25) is 0 Å². The molecule has 0 aliphatic carbocycles. The SMILES string of the molecule is c1ccc(-c2ccc(Cc3c[nH]c4cccnc34)cc2)cc1. The van der Waals surface area contributed by atoms with Gasteiger partial charge in [-0.2, -0.15) is 0 Å². The lowest BCUT2D eigenvalue weighted by atomic mass is 10.0. The van der Waals surface area contributed by atoms with Crippen molar-refractivity contribution in [1.29, 1.82) is 0 Å². The lowest BCUT2D eigenvalue weighted by molar-refractivity contribution is 1.20. The van der Waals surface area contributed by atoms with Gasteiger partial charge < -0.3 is 4.98 Å². The maximum Gasteiger partial charge on any atom is 0.0914 e. The molecule has 2 heteroatoms. The number of fused-ring (bicyclic) bond motifs is 1. The molecule has 106 valence electrons. The molecule has 4 aromatic rings. The van der Waals surface area contributed by atoms with Gasteiger partial charge in [0.15, 0.2) is 0 Å². The molecule has 0 saturated carbocycles. The maximum atomic E-state index is 4.47. The molecule has 0 radical (unpaired) electrons. The monoisotopic (exact) mass is 284 g/mol. The molecule has 4 rings (SSSR count). The van der Waals surface area contributed by atoms with E-state index in [1.165, 1.54) is 22.3 Å². The van der Waals surface area contributed by atoms with E-state index in [9.17, 15) is 0 Å². The quantitative estimate of drug-likeness (QED) is 0.574. The van der Waals surface area contributed by atoms with Crippen molar-refractivity contribution < 1.29 is 0 Å². The summed E-state index contributed by atoms with van der Waals surface area (Å²) in [6.45, 7) is 0. The van der Waals surface area contributed by atoms with Crippen molar-refractivity contribution >= 4 is 11.0 Å². The minimum absolute atomic E-state index is 0.895. The second-order valence-electron chi connectivity index (χ2n) is 5.45. The fourth-order valence-corrected chi connectivity index (χ4v) is 2.81. The second kappa shape index (κ2) is 5.49. The van der Waals surface area contributed by atoms with Crippen molar-refractivity contribution in [3.05, 3.63) is 90.3 Å². The van der Waals surface area contributed by atoms with Crippen LogP contribution in [0.3, 0.4) is 0 Å². The molecule has 0 spiro atoms. The third-order valence-electron chi connectivity index (χ3n) is 3.97. The molecule has 0 amide bonds. The van der Waals surface area contributed by atoms with Crippen LogP contribution < -0.4 is 0 Å². The molecule has 2 aromatic heterocycles. The highest BCUT2D eigenvalue weighted by atomic mass is 14.8. The lowest BCUT2D eigenvalue weighted by Gasteiger charge is -2.04. The van der Waals surface area contributed by atoms with Gasteiger partial charge >= 0.3 is 0 Å². The number of aromatic nitrogens is 2. The number of H-pyrrole nitrogens is 1. The van der Waals surface area contributed by atoms with Crippen LogP contribution in [0, 0.1) is 0 Å². The Balaban J connectivity index is 1.61. The highest BCUT2D eigenvalue weighted by Gasteiger charge is 2.05. The largest absolute Gasteiger partial charge is 0.360 e. The molecule has 0 aliphatic rings. The van der Waals surface area contributed by atoms with E-state index in [2.05, 4.69) is 70.8 Å². The van der Waals surface area contributed by atoms with Gasteiger partial charge in [0.05, 0.1) is 11.0 Å². The van der Waals surface area contributed by atoms with E-state index >= 15 is 0 Å². The van der Waals surface area contributed by atoms with Gasteiger partial charge in [0.1, 0.15) is 0 Å². The van der Waals surface area contributed by atoms with Crippen LogP contribution in [-0.4, -0.2) is 9.97 Å². The highest BCUT2D eigenvalue weighted by molar-refractivity contribution is 5.79. The summed E-state index contributed by atoms with van der Waals surface area (Å²) < 4.78 is 0. The molecular formula is C20H16N2. The van der Waals surface area contributed by atoms with E-state index in [1.54, 1.807) is 0 Å². The number of hydrogen-bond acceptors (Lipinski definition) is 1. The Bertz CT molecular complexity index is 890. The zero-order chi connectivity index (χ0) is 14.8. The molecule has 22 heavy (non-hydrogen) atoms. The number of aromatic amines is 1. The predicted octanol–water partition coefficient (Wildman–Crippen LogP) is 4.82. The Kier molecular flexibility index (Phi) is 3.20. The molecule has 2 nitrogen and oxygen atoms in total. The van der Waals surface area contributed by atoms with Crippen LogP contribution in [0.5, 0.6) is 0 Å². The molecule has 0 fully saturated rings. The van der Waals surface area contributed by atoms with Gasteiger partial charge in [-0.3, -0.25) is 4.98 Å². The topological polar surface area (TPSA) is 28.7 Å². The number of hydrogen-bond donors (Lipinski definition) is 1. The van der Waals surface area contributed by atoms with Crippen molar-refractivity contribution in [1.82, 2.24) is 9.97 Å². The summed E-state index contributed by atoms with van der Waals surface area (Å²) in [4.78, 5) is 7.75. The first-order valence-corrected chi connectivity index (χ1v) is 7.45. The number of nitrogens with zero attached hydrogens (tertiary/aromatic N) is 1. The standard InChI is InChI=1S/C20H16N2/c1-2-5-16(6-3-1)17-10-8-15(9-11-17)13-18-14-22-19-7-4-12-21-20(18)19/h1-12,14,22H,13H2. The van der Waals surface area contributed by atoms with Gasteiger partial charge in [-0.1, -0.05) is 54.6 Å². The minimum atomic E-state index is 0.895. The Morgan fingerprint density at radius 2 is 1.55 bits per heavy atom. The van der Waals surface area contributed by atoms with E-state index in [-0.39, 0.29) is 0 Å². The first kappa shape index (κ1) is 12.8. The number of rotatable bonds is 3. The zero-order valence-corrected chi connectivity index (χ0v) is 12.2. The van der Waals surface area contributed by atoms with Crippen molar-refractivity contribution in [3.63, 3.8) is 0 Å². The van der Waals surface area contributed by atoms with Crippen LogP contribution in [0.4, 0.5) is 0 Å². The van der Waals surface area contributed by atoms with Gasteiger partial charge in [-0.15, -0.1) is 0 Å². The van der Waals surface area contributed by atoms with Crippen molar-refractivity contribution in [3.8, 4) is 11.1 Å². The second-order valence-corrected chi connectivity index (χ2v) is 5.45. The van der Waals surface area contributed by atoms with Gasteiger partial charge in [-0.25, -0.2) is 0 Å². The summed E-state index contributed by atoms with van der Waals surface area (Å²) in [5.74, 6) is 0. The highest BCUT2D eigenvalue weighted by Crippen LogP contribution is 2.22. The lowest BCUT2D eigenvalue weighted by Crippen LogP contribution is -1.88. The van der Waals surface area contributed by atoms with E-state index in [0.717, 1.165) is 17.5 Å². The van der Waals surface area contributed by atoms with Crippen molar-refractivity contribution in [2.24, 2.45) is 0 Å². The minimum Gasteiger partial charge on any atom is -0.360 e. The number of nitrogens with one attached hydrogen (secondary N) is 1. The zero-order valence-electron chi connectivity index (χ0n) is 12.2. The summed E-state index contributed by atoms with van der Waals surface area (Å²) >= 11 is 0. The summed E-state index contributed by atoms with van der Waals surface area (Å²) in [6.07, 6.45) is 4.80. The summed E-state index contributed by atoms with van der Waals surface area (Å²) in [5, 5.41) is 0. The van der Waals surface area contributed by atoms with Crippen LogP contribution in [0.15, 0.2) is 79.1 Å². The van der Waals surface area contributed by atoms with Gasteiger partial charge in [0.25, 0.3) is 0 Å². The molecule has 0 atom stereocenters. The van der Waals surface area contributed by atoms with Crippen molar-refractivity contribution in [2.75, 3.05) is 0 Å². The molecule has 0 saturated heterocycles. The Labute approximate surface area is 129 Å².